The normalized spacial score (nSPS) is 21.3. The van der Waals surface area contributed by atoms with Crippen LogP contribution in [0, 0.1) is 11.8 Å². The monoisotopic (exact) mass is 409 g/mol. The van der Waals surface area contributed by atoms with Crippen molar-refractivity contribution in [3.05, 3.63) is 59.2 Å². The maximum atomic E-state index is 12.6. The molecule has 1 heterocycles. The van der Waals surface area contributed by atoms with E-state index in [-0.39, 0.29) is 23.9 Å². The molecule has 4 N–H and O–H groups in total. The van der Waals surface area contributed by atoms with Crippen molar-refractivity contribution in [2.24, 2.45) is 17.6 Å². The van der Waals surface area contributed by atoms with E-state index >= 15 is 0 Å². The molecule has 0 radical (unpaired) electrons. The lowest BCUT2D eigenvalue weighted by Gasteiger charge is -2.39. The summed E-state index contributed by atoms with van der Waals surface area (Å²) in [6, 6.07) is 14.1. The van der Waals surface area contributed by atoms with Gasteiger partial charge in [-0.15, -0.1) is 0 Å². The molecule has 1 aliphatic heterocycles. The van der Waals surface area contributed by atoms with Crippen molar-refractivity contribution >= 4 is 11.6 Å². The van der Waals surface area contributed by atoms with E-state index in [1.54, 1.807) is 0 Å². The van der Waals surface area contributed by atoms with E-state index in [1.807, 2.05) is 37.3 Å². The maximum Gasteiger partial charge on any atom is 0.251 e. The summed E-state index contributed by atoms with van der Waals surface area (Å²) in [7, 11) is 0. The molecule has 0 fully saturated rings. The zero-order valence-corrected chi connectivity index (χ0v) is 18.6. The molecule has 0 saturated heterocycles. The number of nitrogens with two attached hydrogens (primary N) is 1. The van der Waals surface area contributed by atoms with E-state index in [9.17, 15) is 4.79 Å². The molecular formula is C25H35N3O2. The first-order valence-electron chi connectivity index (χ1n) is 11.1. The average molecular weight is 410 g/mol. The van der Waals surface area contributed by atoms with Crippen molar-refractivity contribution in [1.82, 2.24) is 5.32 Å². The largest absolute Gasteiger partial charge is 0.494 e. The van der Waals surface area contributed by atoms with Crippen LogP contribution >= 0.6 is 0 Å². The molecule has 3 rings (SSSR count). The van der Waals surface area contributed by atoms with Gasteiger partial charge in [-0.2, -0.15) is 0 Å². The van der Waals surface area contributed by atoms with Crippen molar-refractivity contribution in [2.75, 3.05) is 18.5 Å². The minimum absolute atomic E-state index is 0.0352. The van der Waals surface area contributed by atoms with Crippen molar-refractivity contribution in [3.63, 3.8) is 0 Å². The van der Waals surface area contributed by atoms with E-state index in [0.717, 1.165) is 29.8 Å². The zero-order chi connectivity index (χ0) is 21.7. The Labute approximate surface area is 180 Å². The Kier molecular flexibility index (Phi) is 7.38. The maximum absolute atomic E-state index is 12.6. The molecule has 30 heavy (non-hydrogen) atoms. The molecular weight excluding hydrogens is 374 g/mol. The molecule has 4 unspecified atom stereocenters. The third-order valence-corrected chi connectivity index (χ3v) is 6.20. The van der Waals surface area contributed by atoms with Crippen LogP contribution in [0.15, 0.2) is 42.5 Å². The van der Waals surface area contributed by atoms with Crippen LogP contribution in [-0.4, -0.2) is 19.1 Å². The molecule has 0 spiro atoms. The molecule has 0 aliphatic carbocycles. The van der Waals surface area contributed by atoms with Gasteiger partial charge in [0.05, 0.1) is 12.6 Å². The van der Waals surface area contributed by atoms with E-state index in [4.69, 9.17) is 10.5 Å². The highest BCUT2D eigenvalue weighted by Crippen LogP contribution is 2.44. The molecule has 5 nitrogen and oxygen atoms in total. The highest BCUT2D eigenvalue weighted by atomic mass is 16.5. The number of hydrogen-bond donors (Lipinski definition) is 3. The van der Waals surface area contributed by atoms with Gasteiger partial charge >= 0.3 is 0 Å². The molecule has 0 saturated carbocycles. The molecule has 4 atom stereocenters. The van der Waals surface area contributed by atoms with E-state index in [0.29, 0.717) is 24.6 Å². The molecule has 0 aromatic heterocycles. The molecule has 0 bridgehead atoms. The van der Waals surface area contributed by atoms with Gasteiger partial charge in [0.1, 0.15) is 5.75 Å². The third kappa shape index (κ3) is 4.78. The third-order valence-electron chi connectivity index (χ3n) is 6.20. The number of anilines is 1. The van der Waals surface area contributed by atoms with Crippen LogP contribution in [-0.2, 0) is 0 Å². The highest BCUT2D eigenvalue weighted by molar-refractivity contribution is 5.95. The summed E-state index contributed by atoms with van der Waals surface area (Å²) < 4.78 is 5.57. The predicted molar refractivity (Wildman–Crippen MR) is 123 cm³/mol. The second kappa shape index (κ2) is 9.98. The lowest BCUT2D eigenvalue weighted by molar-refractivity contribution is 0.0947. The fourth-order valence-corrected chi connectivity index (χ4v) is 4.10. The van der Waals surface area contributed by atoms with Gasteiger partial charge < -0.3 is 21.1 Å². The summed E-state index contributed by atoms with van der Waals surface area (Å²) in [4.78, 5) is 12.6. The average Bonchev–Trinajstić information content (AvgIpc) is 2.77. The number of benzene rings is 2. The molecule has 1 aliphatic rings. The van der Waals surface area contributed by atoms with Crippen molar-refractivity contribution in [1.29, 1.82) is 0 Å². The first-order valence-corrected chi connectivity index (χ1v) is 11.1. The number of ether oxygens (including phenoxy) is 1. The summed E-state index contributed by atoms with van der Waals surface area (Å²) in [5, 5.41) is 6.70. The molecule has 2 aromatic rings. The lowest BCUT2D eigenvalue weighted by Crippen LogP contribution is -2.36. The number of fused-ring (bicyclic) bond motifs is 1. The van der Waals surface area contributed by atoms with Gasteiger partial charge in [0.2, 0.25) is 0 Å². The molecule has 162 valence electrons. The number of hydrogen-bond acceptors (Lipinski definition) is 4. The second-order valence-electron chi connectivity index (χ2n) is 8.25. The number of carbonyl (C=O) groups excluding carboxylic acids is 1. The van der Waals surface area contributed by atoms with E-state index in [1.165, 1.54) is 5.56 Å². The van der Waals surface area contributed by atoms with Crippen LogP contribution in [0.5, 0.6) is 5.75 Å². The number of amides is 1. The summed E-state index contributed by atoms with van der Waals surface area (Å²) >= 11 is 0. The first kappa shape index (κ1) is 22.2. The van der Waals surface area contributed by atoms with Crippen LogP contribution in [0.3, 0.4) is 0 Å². The first-order chi connectivity index (χ1) is 14.5. The number of carbonyl (C=O) groups is 1. The topological polar surface area (TPSA) is 76.4 Å². The smallest absolute Gasteiger partial charge is 0.251 e. The lowest BCUT2D eigenvalue weighted by atomic mass is 9.78. The van der Waals surface area contributed by atoms with Gasteiger partial charge in [0, 0.05) is 29.8 Å². The predicted octanol–water partition coefficient (Wildman–Crippen LogP) is 5.05. The Balaban J connectivity index is 1.82. The minimum atomic E-state index is -0.134. The van der Waals surface area contributed by atoms with Crippen LogP contribution in [0.1, 0.15) is 74.1 Å². The standard InChI is InChI=1S/C25H35N3O2/c1-5-16(4)15-27-25(29)18-10-13-22-21(14-18)23(26)20(6-2)24(28-22)17-8-11-19(12-9-17)30-7-3/h8-14,16,20,23-24,28H,5-7,15,26H2,1-4H3,(H,27,29). The Morgan fingerprint density at radius 1 is 1.17 bits per heavy atom. The van der Waals surface area contributed by atoms with Crippen LogP contribution in [0.2, 0.25) is 0 Å². The van der Waals surface area contributed by atoms with Gasteiger partial charge in [-0.3, -0.25) is 4.79 Å². The van der Waals surface area contributed by atoms with Gasteiger partial charge in [0.15, 0.2) is 0 Å². The Morgan fingerprint density at radius 2 is 1.90 bits per heavy atom. The fraction of sp³-hybridized carbons (Fsp3) is 0.480. The highest BCUT2D eigenvalue weighted by Gasteiger charge is 2.34. The number of rotatable bonds is 8. The van der Waals surface area contributed by atoms with E-state index in [2.05, 4.69) is 43.5 Å². The Bertz CT molecular complexity index is 850. The van der Waals surface area contributed by atoms with E-state index < -0.39 is 0 Å². The molecule has 2 aromatic carbocycles. The quantitative estimate of drug-likeness (QED) is 0.570. The van der Waals surface area contributed by atoms with Crippen molar-refractivity contribution < 1.29 is 9.53 Å². The van der Waals surface area contributed by atoms with Gasteiger partial charge in [-0.05, 0) is 60.7 Å². The Hall–Kier alpha value is -2.53. The van der Waals surface area contributed by atoms with Gasteiger partial charge in [0.25, 0.3) is 5.91 Å². The van der Waals surface area contributed by atoms with Crippen molar-refractivity contribution in [2.45, 2.75) is 52.6 Å². The number of nitrogens with one attached hydrogen (secondary N) is 2. The van der Waals surface area contributed by atoms with Crippen molar-refractivity contribution in [3.8, 4) is 5.75 Å². The molecule has 5 heteroatoms. The Morgan fingerprint density at radius 3 is 2.53 bits per heavy atom. The van der Waals surface area contributed by atoms with Crippen LogP contribution in [0.4, 0.5) is 5.69 Å². The minimum Gasteiger partial charge on any atom is -0.494 e. The molecule has 1 amide bonds. The van der Waals surface area contributed by atoms with Gasteiger partial charge in [-0.25, -0.2) is 0 Å². The van der Waals surface area contributed by atoms with Gasteiger partial charge in [-0.1, -0.05) is 39.3 Å². The SMILES string of the molecule is CCOc1ccc(C2Nc3ccc(C(=O)NCC(C)CC)cc3C(N)C2CC)cc1. The summed E-state index contributed by atoms with van der Waals surface area (Å²) in [6.07, 6.45) is 1.99. The summed E-state index contributed by atoms with van der Waals surface area (Å²) in [5.41, 5.74) is 10.6. The zero-order valence-electron chi connectivity index (χ0n) is 18.6. The van der Waals surface area contributed by atoms with Crippen LogP contribution in [0.25, 0.3) is 0 Å². The fourth-order valence-electron chi connectivity index (χ4n) is 4.10. The summed E-state index contributed by atoms with van der Waals surface area (Å²) in [5.74, 6) is 1.54. The summed E-state index contributed by atoms with van der Waals surface area (Å²) in [6.45, 7) is 9.77. The second-order valence-corrected chi connectivity index (χ2v) is 8.25. The van der Waals surface area contributed by atoms with Crippen LogP contribution < -0.4 is 21.1 Å².